The molecule has 6 heteroatoms. The van der Waals surface area contributed by atoms with E-state index >= 15 is 0 Å². The summed E-state index contributed by atoms with van der Waals surface area (Å²) in [6.45, 7) is 0.267. The quantitative estimate of drug-likeness (QED) is 0.908. The first-order chi connectivity index (χ1) is 8.60. The fourth-order valence-electron chi connectivity index (χ4n) is 1.50. The number of anilines is 1. The van der Waals surface area contributed by atoms with Crippen molar-refractivity contribution < 1.29 is 13.5 Å². The van der Waals surface area contributed by atoms with Crippen molar-refractivity contribution >= 4 is 5.82 Å². The van der Waals surface area contributed by atoms with Crippen LogP contribution in [0.3, 0.4) is 0 Å². The summed E-state index contributed by atoms with van der Waals surface area (Å²) in [6, 6.07) is 5.00. The number of nitrogen functional groups attached to an aromatic ring is 1. The van der Waals surface area contributed by atoms with Gasteiger partial charge in [0.15, 0.2) is 17.5 Å². The van der Waals surface area contributed by atoms with Gasteiger partial charge in [-0.1, -0.05) is 0 Å². The Morgan fingerprint density at radius 3 is 2.61 bits per heavy atom. The standard InChI is InChI=1S/C12H11F2N3O/c1-18-6-8-5-11(15)17-12(16-8)7-2-3-9(13)10(14)4-7/h2-5H,6H2,1H3,(H2,15,16,17). The Morgan fingerprint density at radius 1 is 1.17 bits per heavy atom. The Morgan fingerprint density at radius 2 is 1.94 bits per heavy atom. The maximum absolute atomic E-state index is 13.1. The molecule has 0 amide bonds. The molecule has 0 spiro atoms. The van der Waals surface area contributed by atoms with Crippen LogP contribution in [-0.2, 0) is 11.3 Å². The molecule has 0 unspecified atom stereocenters. The minimum Gasteiger partial charge on any atom is -0.384 e. The zero-order chi connectivity index (χ0) is 13.1. The van der Waals surface area contributed by atoms with Crippen molar-refractivity contribution in [2.24, 2.45) is 0 Å². The number of rotatable bonds is 3. The van der Waals surface area contributed by atoms with E-state index in [-0.39, 0.29) is 18.2 Å². The average Bonchev–Trinajstić information content (AvgIpc) is 2.32. The Balaban J connectivity index is 2.46. The first-order valence-electron chi connectivity index (χ1n) is 5.18. The molecule has 1 aromatic carbocycles. The van der Waals surface area contributed by atoms with Crippen LogP contribution in [0.1, 0.15) is 5.69 Å². The van der Waals surface area contributed by atoms with Crippen LogP contribution in [0, 0.1) is 11.6 Å². The molecule has 4 nitrogen and oxygen atoms in total. The van der Waals surface area contributed by atoms with Gasteiger partial charge in [0.05, 0.1) is 12.3 Å². The second-order valence-corrected chi connectivity index (χ2v) is 3.67. The Bertz CT molecular complexity index is 575. The maximum atomic E-state index is 13.1. The van der Waals surface area contributed by atoms with E-state index in [1.54, 1.807) is 6.07 Å². The van der Waals surface area contributed by atoms with Crippen molar-refractivity contribution in [3.63, 3.8) is 0 Å². The van der Waals surface area contributed by atoms with Crippen molar-refractivity contribution in [3.8, 4) is 11.4 Å². The summed E-state index contributed by atoms with van der Waals surface area (Å²) < 4.78 is 30.9. The van der Waals surface area contributed by atoms with Gasteiger partial charge in [0.25, 0.3) is 0 Å². The number of halogens is 2. The zero-order valence-electron chi connectivity index (χ0n) is 9.65. The van der Waals surface area contributed by atoms with Gasteiger partial charge < -0.3 is 10.5 Å². The Hall–Kier alpha value is -2.08. The molecule has 0 saturated heterocycles. The van der Waals surface area contributed by atoms with Gasteiger partial charge in [-0.25, -0.2) is 18.7 Å². The fraction of sp³-hybridized carbons (Fsp3) is 0.167. The van der Waals surface area contributed by atoms with Gasteiger partial charge in [-0.3, -0.25) is 0 Å². The molecule has 2 N–H and O–H groups in total. The summed E-state index contributed by atoms with van der Waals surface area (Å²) in [5.74, 6) is -1.38. The lowest BCUT2D eigenvalue weighted by molar-refractivity contribution is 0.181. The largest absolute Gasteiger partial charge is 0.384 e. The molecule has 0 aliphatic heterocycles. The smallest absolute Gasteiger partial charge is 0.161 e. The van der Waals surface area contributed by atoms with Gasteiger partial charge in [0, 0.05) is 18.7 Å². The van der Waals surface area contributed by atoms with Gasteiger partial charge in [-0.2, -0.15) is 0 Å². The molecule has 1 aromatic heterocycles. The van der Waals surface area contributed by atoms with Crippen LogP contribution in [0.5, 0.6) is 0 Å². The summed E-state index contributed by atoms with van der Waals surface area (Å²) in [5.41, 5.74) is 6.55. The van der Waals surface area contributed by atoms with Crippen LogP contribution in [0.25, 0.3) is 11.4 Å². The number of hydrogen-bond acceptors (Lipinski definition) is 4. The average molecular weight is 251 g/mol. The Labute approximate surface area is 102 Å². The summed E-state index contributed by atoms with van der Waals surface area (Å²) in [5, 5.41) is 0. The molecular formula is C12H11F2N3O. The summed E-state index contributed by atoms with van der Waals surface area (Å²) in [6.07, 6.45) is 0. The van der Waals surface area contributed by atoms with Gasteiger partial charge in [-0.05, 0) is 18.2 Å². The minimum absolute atomic E-state index is 0.237. The van der Waals surface area contributed by atoms with Crippen LogP contribution < -0.4 is 5.73 Å². The first-order valence-corrected chi connectivity index (χ1v) is 5.18. The third kappa shape index (κ3) is 2.60. The number of benzene rings is 1. The van der Waals surface area contributed by atoms with Gasteiger partial charge in [0.2, 0.25) is 0 Å². The molecule has 0 aliphatic rings. The number of nitrogens with two attached hydrogens (primary N) is 1. The van der Waals surface area contributed by atoms with E-state index in [1.165, 1.54) is 13.2 Å². The zero-order valence-corrected chi connectivity index (χ0v) is 9.65. The molecular weight excluding hydrogens is 240 g/mol. The number of methoxy groups -OCH3 is 1. The minimum atomic E-state index is -0.952. The van der Waals surface area contributed by atoms with Crippen LogP contribution in [0.15, 0.2) is 24.3 Å². The molecule has 1 heterocycles. The SMILES string of the molecule is COCc1cc(N)nc(-c2ccc(F)c(F)c2)n1. The molecule has 0 aliphatic carbocycles. The molecule has 18 heavy (non-hydrogen) atoms. The van der Waals surface area contributed by atoms with E-state index in [1.807, 2.05) is 0 Å². The molecule has 0 atom stereocenters. The molecule has 0 bridgehead atoms. The van der Waals surface area contributed by atoms with Crippen molar-refractivity contribution in [3.05, 3.63) is 41.6 Å². The highest BCUT2D eigenvalue weighted by Gasteiger charge is 2.09. The van der Waals surface area contributed by atoms with Crippen LogP contribution >= 0.6 is 0 Å². The third-order valence-electron chi connectivity index (χ3n) is 2.27. The monoisotopic (exact) mass is 251 g/mol. The second-order valence-electron chi connectivity index (χ2n) is 3.67. The Kier molecular flexibility index (Phi) is 3.47. The normalized spacial score (nSPS) is 10.6. The van der Waals surface area contributed by atoms with E-state index in [0.29, 0.717) is 11.3 Å². The third-order valence-corrected chi connectivity index (χ3v) is 2.27. The van der Waals surface area contributed by atoms with Gasteiger partial charge in [-0.15, -0.1) is 0 Å². The van der Waals surface area contributed by atoms with E-state index in [2.05, 4.69) is 9.97 Å². The van der Waals surface area contributed by atoms with E-state index in [9.17, 15) is 8.78 Å². The summed E-state index contributed by atoms with van der Waals surface area (Å²) in [7, 11) is 1.52. The van der Waals surface area contributed by atoms with E-state index in [4.69, 9.17) is 10.5 Å². The lowest BCUT2D eigenvalue weighted by Gasteiger charge is -2.05. The number of aromatic nitrogens is 2. The first kappa shape index (κ1) is 12.4. The lowest BCUT2D eigenvalue weighted by Crippen LogP contribution is -2.01. The van der Waals surface area contributed by atoms with Crippen molar-refractivity contribution in [2.75, 3.05) is 12.8 Å². The highest BCUT2D eigenvalue weighted by atomic mass is 19.2. The van der Waals surface area contributed by atoms with Crippen LogP contribution in [0.2, 0.25) is 0 Å². The highest BCUT2D eigenvalue weighted by Crippen LogP contribution is 2.19. The number of nitrogens with zero attached hydrogens (tertiary/aromatic N) is 2. The fourth-order valence-corrected chi connectivity index (χ4v) is 1.50. The molecule has 0 fully saturated rings. The van der Waals surface area contributed by atoms with Crippen molar-refractivity contribution in [1.82, 2.24) is 9.97 Å². The van der Waals surface area contributed by atoms with E-state index in [0.717, 1.165) is 12.1 Å². The molecule has 0 radical (unpaired) electrons. The number of ether oxygens (including phenoxy) is 1. The lowest BCUT2D eigenvalue weighted by atomic mass is 10.2. The topological polar surface area (TPSA) is 61.0 Å². The maximum Gasteiger partial charge on any atom is 0.161 e. The molecule has 0 saturated carbocycles. The predicted octanol–water partition coefficient (Wildman–Crippen LogP) is 2.15. The summed E-state index contributed by atoms with van der Waals surface area (Å²) in [4.78, 5) is 8.14. The van der Waals surface area contributed by atoms with E-state index < -0.39 is 11.6 Å². The highest BCUT2D eigenvalue weighted by molar-refractivity contribution is 5.57. The van der Waals surface area contributed by atoms with Gasteiger partial charge >= 0.3 is 0 Å². The molecule has 94 valence electrons. The van der Waals surface area contributed by atoms with Crippen LogP contribution in [-0.4, -0.2) is 17.1 Å². The molecule has 2 rings (SSSR count). The second kappa shape index (κ2) is 5.05. The van der Waals surface area contributed by atoms with Crippen LogP contribution in [0.4, 0.5) is 14.6 Å². The summed E-state index contributed by atoms with van der Waals surface area (Å²) >= 11 is 0. The van der Waals surface area contributed by atoms with Crippen molar-refractivity contribution in [1.29, 1.82) is 0 Å². The number of hydrogen-bond donors (Lipinski definition) is 1. The molecule has 2 aromatic rings. The predicted molar refractivity (Wildman–Crippen MR) is 62.5 cm³/mol. The van der Waals surface area contributed by atoms with Gasteiger partial charge in [0.1, 0.15) is 5.82 Å². The van der Waals surface area contributed by atoms with Crippen molar-refractivity contribution in [2.45, 2.75) is 6.61 Å².